The molecule has 23 N–H and O–H groups in total. The molecule has 1 aromatic carbocycles. The molecule has 0 aliphatic carbocycles. The van der Waals surface area contributed by atoms with Gasteiger partial charge in [-0.2, -0.15) is 0 Å². The third-order valence-electron chi connectivity index (χ3n) is 21.6. The highest BCUT2D eigenvalue weighted by Gasteiger charge is 2.54. The Bertz CT molecular complexity index is 3920. The van der Waals surface area contributed by atoms with Crippen molar-refractivity contribution in [2.24, 2.45) is 11.5 Å². The number of likely N-dealkylation sites (N-methyl/N-ethyl adjacent to an activating group) is 1. The zero-order valence-corrected chi connectivity index (χ0v) is 74.1. The van der Waals surface area contributed by atoms with Crippen LogP contribution in [0.3, 0.4) is 0 Å². The molecule has 5 rings (SSSR count). The largest absolute Gasteiger partial charge is 0.508 e. The highest BCUT2D eigenvalue weighted by atomic mass is 16.7. The summed E-state index contributed by atoms with van der Waals surface area (Å²) in [6.45, 7) is 7.91. The number of carbonyl (C=O) groups excluding carboxylic acids is 15. The Morgan fingerprint density at radius 1 is 0.659 bits per heavy atom. The molecule has 27 atom stereocenters. The first-order chi connectivity index (χ1) is 60.9. The molecule has 0 spiro atoms. The van der Waals surface area contributed by atoms with E-state index in [9.17, 15) is 104 Å². The molecule has 47 nitrogen and oxygen atoms in total. The zero-order chi connectivity index (χ0) is 96.4. The van der Waals surface area contributed by atoms with Crippen LogP contribution in [0.5, 0.6) is 5.75 Å². The predicted octanol–water partition coefficient (Wildman–Crippen LogP) is -7.10. The number of nitrogens with one attached hydrogen (secondary N) is 9. The second kappa shape index (κ2) is 54.1. The number of aliphatic hydroxyl groups is 9. The number of ether oxygens (including phenoxy) is 10. The molecule has 47 heteroatoms. The van der Waals surface area contributed by atoms with E-state index in [1.54, 1.807) is 0 Å². The van der Waals surface area contributed by atoms with Crippen molar-refractivity contribution >= 4 is 88.9 Å². The Morgan fingerprint density at radius 3 is 1.85 bits per heavy atom. The SMILES string of the molecule is CC=C1NC(=O)C(Cc2ccc(O)cc2)NC(=O)C(C(C)O)NC(=O)C(NC(=O)C(NC(=O)C(O)C(CCCCCCCCCCC)OC2OCC(O)C(OC3OC(CO)C(O)C(O)C3NC(C)=O)C2O)C(C)O)C(C)OC(=O)C(CCCCN)NC(=O)C(C(C)OC2OC(COC(C)=O)C(OC(C)=O)C(OC(C)=O)C2O)N(C)C(=O)CNC(=O)C(CCC(N)=O)NC1=O. The summed E-state index contributed by atoms with van der Waals surface area (Å²) < 4.78 is 57.6. The van der Waals surface area contributed by atoms with E-state index < -0.39 is 311 Å². The van der Waals surface area contributed by atoms with E-state index in [0.29, 0.717) is 17.7 Å². The minimum absolute atomic E-state index is 0.0343. The molecule has 4 saturated heterocycles. The van der Waals surface area contributed by atoms with Gasteiger partial charge in [-0.25, -0.2) is 4.79 Å². The van der Waals surface area contributed by atoms with E-state index in [1.165, 1.54) is 31.2 Å². The quantitative estimate of drug-likeness (QED) is 0.0126. The average molecular weight is 1840 g/mol. The van der Waals surface area contributed by atoms with Crippen LogP contribution in [0.2, 0.25) is 0 Å². The van der Waals surface area contributed by atoms with Crippen LogP contribution < -0.4 is 59.3 Å². The maximum atomic E-state index is 15.4. The van der Waals surface area contributed by atoms with Crippen molar-refractivity contribution in [1.29, 1.82) is 0 Å². The van der Waals surface area contributed by atoms with Crippen LogP contribution in [0.15, 0.2) is 36.0 Å². The van der Waals surface area contributed by atoms with Crippen molar-refractivity contribution in [1.82, 2.24) is 52.8 Å². The minimum atomic E-state index is -2.40. The van der Waals surface area contributed by atoms with Crippen molar-refractivity contribution in [3.05, 3.63) is 41.6 Å². The number of unbranched alkanes of at least 4 members (excludes halogenated alkanes) is 9. The van der Waals surface area contributed by atoms with Crippen LogP contribution in [0.4, 0.5) is 0 Å². The first kappa shape index (κ1) is 110. The topological polar surface area (TPSA) is 714 Å². The van der Waals surface area contributed by atoms with Crippen LogP contribution in [0.25, 0.3) is 0 Å². The summed E-state index contributed by atoms with van der Waals surface area (Å²) in [6.07, 6.45) is -30.2. The lowest BCUT2D eigenvalue weighted by Crippen LogP contribution is -2.67. The number of phenols is 1. The summed E-state index contributed by atoms with van der Waals surface area (Å²) in [5.41, 5.74) is 11.0. The Morgan fingerprint density at radius 2 is 1.27 bits per heavy atom. The number of primary amides is 1. The van der Waals surface area contributed by atoms with E-state index in [1.807, 2.05) is 0 Å². The number of phenolic OH excluding ortho intramolecular Hbond substituents is 1. The average Bonchev–Trinajstić information content (AvgIpc) is 0.802. The number of rotatable bonds is 39. The fourth-order valence-corrected chi connectivity index (χ4v) is 14.5. The summed E-state index contributed by atoms with van der Waals surface area (Å²) in [6, 6.07) is -11.1. The van der Waals surface area contributed by atoms with Gasteiger partial charge in [0.1, 0.15) is 121 Å². The molecule has 0 aromatic heterocycles. The molecule has 4 heterocycles. The number of esters is 4. The van der Waals surface area contributed by atoms with Gasteiger partial charge in [0.2, 0.25) is 53.2 Å². The molecule has 129 heavy (non-hydrogen) atoms. The van der Waals surface area contributed by atoms with Gasteiger partial charge in [0, 0.05) is 47.6 Å². The van der Waals surface area contributed by atoms with Crippen LogP contribution in [0, 0.1) is 0 Å². The van der Waals surface area contributed by atoms with Crippen molar-refractivity contribution in [3.63, 3.8) is 0 Å². The molecular formula is C82H130N12O35. The number of nitrogens with two attached hydrogens (primary N) is 2. The van der Waals surface area contributed by atoms with E-state index in [0.717, 1.165) is 107 Å². The molecule has 4 fully saturated rings. The van der Waals surface area contributed by atoms with Gasteiger partial charge in [0.15, 0.2) is 37.2 Å². The third kappa shape index (κ3) is 34.1. The molecule has 4 aliphatic heterocycles. The molecule has 728 valence electrons. The summed E-state index contributed by atoms with van der Waals surface area (Å²) in [4.78, 5) is 211. The van der Waals surface area contributed by atoms with Gasteiger partial charge in [0.25, 0.3) is 11.8 Å². The molecule has 0 bridgehead atoms. The van der Waals surface area contributed by atoms with Crippen LogP contribution >= 0.6 is 0 Å². The lowest BCUT2D eigenvalue weighted by Gasteiger charge is -2.46. The van der Waals surface area contributed by atoms with Crippen molar-refractivity contribution in [3.8, 4) is 5.75 Å². The molecule has 27 unspecified atom stereocenters. The number of cyclic esters (lactones) is 1. The van der Waals surface area contributed by atoms with E-state index in [2.05, 4.69) is 54.8 Å². The van der Waals surface area contributed by atoms with E-state index >= 15 is 19.2 Å². The molecule has 1 aromatic rings. The highest BCUT2D eigenvalue weighted by molar-refractivity contribution is 6.03. The maximum absolute atomic E-state index is 15.4. The van der Waals surface area contributed by atoms with E-state index in [-0.39, 0.29) is 43.5 Å². The molecule has 0 radical (unpaired) electrons. The third-order valence-corrected chi connectivity index (χ3v) is 21.6. The number of hydrogen-bond donors (Lipinski definition) is 21. The van der Waals surface area contributed by atoms with Crippen molar-refractivity contribution < 1.29 is 170 Å². The lowest BCUT2D eigenvalue weighted by molar-refractivity contribution is -0.339. The summed E-state index contributed by atoms with van der Waals surface area (Å²) in [7, 11) is 0.993. The first-order valence-corrected chi connectivity index (χ1v) is 42.9. The molecule has 0 saturated carbocycles. The fraction of sp³-hybridized carbons (Fsp3) is 0.720. The standard InChI is InChI=1S/C82H130N12O35/c1-12-14-15-16-17-18-19-20-21-25-53(126-81-66(109)68(52(103)36-121-81)129-80-61(86-42(7)98)65(108)63(106)54(35-95)127-80)64(107)78(118)92-59(39(4)97)75(115)93-60-40(5)122-79(119)50(24-22-23-32-83)89-77(117)62(41(6)123-82-67(110)70(125-45(10)101)69(124-44(9)100)55(128-82)37-120-43(8)99)94(11)57(105)34-85-71(111)49(30-31-56(84)104)88-72(112)48(13-2)87-73(113)51(33-46-26-28-47(102)29-27-46)90-74(114)58(38(3)96)91-76(60)116/h13,26-29,38-41,49-55,58-70,80-82,95-97,102-103,106-110H,12,14-25,30-37,83H2,1-11H3,(H2,84,104)(H,85,111)(H,86,98)(H,87,113)(H,88,112)(H,89,117)(H,90,114)(H,91,116)(H,92,118)(H,93,115). The molecule has 4 aliphatic rings. The van der Waals surface area contributed by atoms with Gasteiger partial charge >= 0.3 is 23.9 Å². The normalized spacial score (nSPS) is 29.8. The second-order valence-electron chi connectivity index (χ2n) is 32.1. The Balaban J connectivity index is 1.66. The minimum Gasteiger partial charge on any atom is -0.508 e. The van der Waals surface area contributed by atoms with Crippen LogP contribution in [-0.4, -0.2) is 350 Å². The monoisotopic (exact) mass is 1840 g/mol. The van der Waals surface area contributed by atoms with Gasteiger partial charge < -0.3 is 163 Å². The number of aromatic hydroxyl groups is 1. The molecule has 11 amide bonds. The van der Waals surface area contributed by atoms with Gasteiger partial charge in [-0.05, 0) is 91.0 Å². The van der Waals surface area contributed by atoms with Gasteiger partial charge in [-0.3, -0.25) is 67.1 Å². The Kier molecular flexibility index (Phi) is 46.0. The zero-order valence-electron chi connectivity index (χ0n) is 74.1. The van der Waals surface area contributed by atoms with Gasteiger partial charge in [0.05, 0.1) is 44.2 Å². The Hall–Kier alpha value is -9.83. The predicted molar refractivity (Wildman–Crippen MR) is 443 cm³/mol. The number of aliphatic hydroxyl groups excluding tert-OH is 9. The van der Waals surface area contributed by atoms with Gasteiger partial charge in [-0.15, -0.1) is 0 Å². The highest BCUT2D eigenvalue weighted by Crippen LogP contribution is 2.32. The Labute approximate surface area is 744 Å². The summed E-state index contributed by atoms with van der Waals surface area (Å²) in [5.74, 6) is -18.5. The number of carbonyl (C=O) groups is 15. The number of amides is 11. The van der Waals surface area contributed by atoms with Crippen LogP contribution in [-0.2, 0) is 126 Å². The second-order valence-corrected chi connectivity index (χ2v) is 32.1. The maximum Gasteiger partial charge on any atom is 0.328 e. The van der Waals surface area contributed by atoms with Crippen molar-refractivity contribution in [2.45, 2.75) is 337 Å². The molecular weight excluding hydrogens is 1710 g/mol. The first-order valence-electron chi connectivity index (χ1n) is 42.9. The summed E-state index contributed by atoms with van der Waals surface area (Å²) >= 11 is 0. The fourth-order valence-electron chi connectivity index (χ4n) is 14.5. The van der Waals surface area contributed by atoms with Crippen LogP contribution in [0.1, 0.15) is 171 Å². The number of allylic oxidation sites excluding steroid dienone is 1. The number of nitrogens with zero attached hydrogens (tertiary/aromatic N) is 1. The van der Waals surface area contributed by atoms with Crippen molar-refractivity contribution in [2.75, 3.05) is 40.0 Å². The number of benzene rings is 1. The number of hydrogen-bond acceptors (Lipinski definition) is 36. The lowest BCUT2D eigenvalue weighted by atomic mass is 9.96. The van der Waals surface area contributed by atoms with E-state index in [4.69, 9.17) is 58.8 Å². The smallest absolute Gasteiger partial charge is 0.328 e. The van der Waals surface area contributed by atoms with Gasteiger partial charge in [-0.1, -0.05) is 82.9 Å². The summed E-state index contributed by atoms with van der Waals surface area (Å²) in [5, 5.41) is 133.